The zero-order valence-corrected chi connectivity index (χ0v) is 10.4. The standard InChI is InChI=1S/C13H27NO/c1-3-10-14-12(4-2)11-15-13-8-6-5-7-9-13/h12-14H,3-11H2,1-2H3. The van der Waals surface area contributed by atoms with E-state index in [0.29, 0.717) is 12.1 Å². The molecule has 1 N–H and O–H groups in total. The van der Waals surface area contributed by atoms with E-state index in [9.17, 15) is 0 Å². The van der Waals surface area contributed by atoms with E-state index < -0.39 is 0 Å². The fourth-order valence-electron chi connectivity index (χ4n) is 2.15. The highest BCUT2D eigenvalue weighted by atomic mass is 16.5. The molecule has 1 aliphatic carbocycles. The molecule has 1 aliphatic rings. The first-order chi connectivity index (χ1) is 7.36. The molecule has 0 aromatic heterocycles. The molecule has 0 saturated heterocycles. The summed E-state index contributed by atoms with van der Waals surface area (Å²) in [5, 5.41) is 3.53. The molecule has 15 heavy (non-hydrogen) atoms. The number of hydrogen-bond donors (Lipinski definition) is 1. The molecule has 90 valence electrons. The van der Waals surface area contributed by atoms with Gasteiger partial charge in [-0.25, -0.2) is 0 Å². The molecule has 1 unspecified atom stereocenters. The van der Waals surface area contributed by atoms with Crippen molar-refractivity contribution in [2.24, 2.45) is 0 Å². The van der Waals surface area contributed by atoms with Crippen molar-refractivity contribution < 1.29 is 4.74 Å². The van der Waals surface area contributed by atoms with E-state index in [1.807, 2.05) is 0 Å². The predicted octanol–water partition coefficient (Wildman–Crippen LogP) is 3.11. The zero-order chi connectivity index (χ0) is 10.9. The number of ether oxygens (including phenoxy) is 1. The van der Waals surface area contributed by atoms with Crippen molar-refractivity contribution in [3.05, 3.63) is 0 Å². The lowest BCUT2D eigenvalue weighted by Crippen LogP contribution is -2.35. The Morgan fingerprint density at radius 3 is 2.53 bits per heavy atom. The van der Waals surface area contributed by atoms with Crippen LogP contribution in [0.3, 0.4) is 0 Å². The second-order valence-electron chi connectivity index (χ2n) is 4.65. The van der Waals surface area contributed by atoms with Crippen LogP contribution in [0.25, 0.3) is 0 Å². The quantitative estimate of drug-likeness (QED) is 0.701. The molecule has 1 atom stereocenters. The minimum absolute atomic E-state index is 0.552. The third-order valence-corrected chi connectivity index (χ3v) is 3.26. The van der Waals surface area contributed by atoms with Crippen molar-refractivity contribution in [3.63, 3.8) is 0 Å². The summed E-state index contributed by atoms with van der Waals surface area (Å²) in [4.78, 5) is 0. The molecule has 1 fully saturated rings. The van der Waals surface area contributed by atoms with Gasteiger partial charge in [0.15, 0.2) is 0 Å². The van der Waals surface area contributed by atoms with Gasteiger partial charge in [0.25, 0.3) is 0 Å². The van der Waals surface area contributed by atoms with Gasteiger partial charge in [0.05, 0.1) is 12.7 Å². The summed E-state index contributed by atoms with van der Waals surface area (Å²) in [6, 6.07) is 0.562. The van der Waals surface area contributed by atoms with E-state index in [1.165, 1.54) is 44.9 Å². The molecular formula is C13H27NO. The van der Waals surface area contributed by atoms with E-state index in [1.54, 1.807) is 0 Å². The van der Waals surface area contributed by atoms with Crippen LogP contribution in [-0.4, -0.2) is 25.3 Å². The summed E-state index contributed by atoms with van der Waals surface area (Å²) in [5.74, 6) is 0. The van der Waals surface area contributed by atoms with Gasteiger partial charge >= 0.3 is 0 Å². The first kappa shape index (κ1) is 13.0. The summed E-state index contributed by atoms with van der Waals surface area (Å²) < 4.78 is 5.97. The molecule has 1 rings (SSSR count). The van der Waals surface area contributed by atoms with E-state index in [0.717, 1.165) is 13.2 Å². The van der Waals surface area contributed by atoms with Crippen molar-refractivity contribution in [2.45, 2.75) is 70.9 Å². The Labute approximate surface area is 94.8 Å². The topological polar surface area (TPSA) is 21.3 Å². The molecule has 0 aromatic rings. The van der Waals surface area contributed by atoms with Crippen molar-refractivity contribution in [2.75, 3.05) is 13.2 Å². The minimum atomic E-state index is 0.552. The van der Waals surface area contributed by atoms with E-state index >= 15 is 0 Å². The van der Waals surface area contributed by atoms with Gasteiger partial charge < -0.3 is 10.1 Å². The van der Waals surface area contributed by atoms with Gasteiger partial charge in [0, 0.05) is 6.04 Å². The largest absolute Gasteiger partial charge is 0.377 e. The smallest absolute Gasteiger partial charge is 0.0623 e. The number of nitrogens with one attached hydrogen (secondary N) is 1. The van der Waals surface area contributed by atoms with E-state index in [-0.39, 0.29) is 0 Å². The zero-order valence-electron chi connectivity index (χ0n) is 10.4. The first-order valence-electron chi connectivity index (χ1n) is 6.71. The Kier molecular flexibility index (Phi) is 7.03. The third kappa shape index (κ3) is 5.53. The molecule has 2 heteroatoms. The van der Waals surface area contributed by atoms with Gasteiger partial charge in [0.1, 0.15) is 0 Å². The van der Waals surface area contributed by atoms with Gasteiger partial charge in [-0.2, -0.15) is 0 Å². The summed E-state index contributed by atoms with van der Waals surface area (Å²) in [6.45, 7) is 6.47. The Morgan fingerprint density at radius 1 is 1.20 bits per heavy atom. The highest BCUT2D eigenvalue weighted by Gasteiger charge is 2.15. The average molecular weight is 213 g/mol. The molecule has 0 amide bonds. The highest BCUT2D eigenvalue weighted by Crippen LogP contribution is 2.20. The van der Waals surface area contributed by atoms with Gasteiger partial charge in [-0.05, 0) is 32.2 Å². The van der Waals surface area contributed by atoms with Crippen LogP contribution >= 0.6 is 0 Å². The molecule has 0 aliphatic heterocycles. The molecule has 0 heterocycles. The number of rotatable bonds is 7. The van der Waals surface area contributed by atoms with Crippen molar-refractivity contribution in [1.82, 2.24) is 5.32 Å². The number of hydrogen-bond acceptors (Lipinski definition) is 2. The fourth-order valence-corrected chi connectivity index (χ4v) is 2.15. The molecule has 0 spiro atoms. The third-order valence-electron chi connectivity index (χ3n) is 3.26. The van der Waals surface area contributed by atoms with Crippen LogP contribution in [-0.2, 0) is 4.74 Å². The summed E-state index contributed by atoms with van der Waals surface area (Å²) in [6.07, 6.45) is 9.64. The van der Waals surface area contributed by atoms with Crippen molar-refractivity contribution >= 4 is 0 Å². The van der Waals surface area contributed by atoms with Crippen LogP contribution < -0.4 is 5.32 Å². The second-order valence-corrected chi connectivity index (χ2v) is 4.65. The van der Waals surface area contributed by atoms with Gasteiger partial charge in [-0.1, -0.05) is 33.1 Å². The van der Waals surface area contributed by atoms with Crippen molar-refractivity contribution in [1.29, 1.82) is 0 Å². The van der Waals surface area contributed by atoms with Crippen molar-refractivity contribution in [3.8, 4) is 0 Å². The van der Waals surface area contributed by atoms with Crippen LogP contribution in [0, 0.1) is 0 Å². The SMILES string of the molecule is CCCNC(CC)COC1CCCCC1. The molecule has 0 aromatic carbocycles. The van der Waals surface area contributed by atoms with Gasteiger partial charge in [-0.3, -0.25) is 0 Å². The molecular weight excluding hydrogens is 186 g/mol. The Morgan fingerprint density at radius 2 is 1.93 bits per heavy atom. The average Bonchev–Trinajstić information content (AvgIpc) is 2.31. The summed E-state index contributed by atoms with van der Waals surface area (Å²) in [7, 11) is 0. The van der Waals surface area contributed by atoms with Crippen LogP contribution in [0.15, 0.2) is 0 Å². The van der Waals surface area contributed by atoms with Crippen LogP contribution in [0.4, 0.5) is 0 Å². The monoisotopic (exact) mass is 213 g/mol. The minimum Gasteiger partial charge on any atom is -0.377 e. The molecule has 1 saturated carbocycles. The Bertz CT molecular complexity index is 143. The predicted molar refractivity (Wildman–Crippen MR) is 65.2 cm³/mol. The highest BCUT2D eigenvalue weighted by molar-refractivity contribution is 4.68. The van der Waals surface area contributed by atoms with Gasteiger partial charge in [-0.15, -0.1) is 0 Å². The lowest BCUT2D eigenvalue weighted by atomic mass is 9.98. The molecule has 0 bridgehead atoms. The Hall–Kier alpha value is -0.0800. The van der Waals surface area contributed by atoms with Crippen LogP contribution in [0.1, 0.15) is 58.8 Å². The lowest BCUT2D eigenvalue weighted by molar-refractivity contribution is 0.0154. The Balaban J connectivity index is 2.09. The van der Waals surface area contributed by atoms with Gasteiger partial charge in [0.2, 0.25) is 0 Å². The van der Waals surface area contributed by atoms with Crippen LogP contribution in [0.5, 0.6) is 0 Å². The first-order valence-corrected chi connectivity index (χ1v) is 6.71. The maximum absolute atomic E-state index is 5.97. The van der Waals surface area contributed by atoms with Crippen LogP contribution in [0.2, 0.25) is 0 Å². The second kappa shape index (κ2) is 8.12. The fraction of sp³-hybridized carbons (Fsp3) is 1.00. The lowest BCUT2D eigenvalue weighted by Gasteiger charge is -2.25. The normalized spacial score (nSPS) is 20.4. The summed E-state index contributed by atoms with van der Waals surface area (Å²) >= 11 is 0. The maximum atomic E-state index is 5.97. The van der Waals surface area contributed by atoms with E-state index in [2.05, 4.69) is 19.2 Å². The molecule has 0 radical (unpaired) electrons. The van der Waals surface area contributed by atoms with E-state index in [4.69, 9.17) is 4.74 Å². The maximum Gasteiger partial charge on any atom is 0.0623 e. The summed E-state index contributed by atoms with van der Waals surface area (Å²) in [5.41, 5.74) is 0. The molecule has 2 nitrogen and oxygen atoms in total.